The van der Waals surface area contributed by atoms with E-state index in [4.69, 9.17) is 16.7 Å². The molecule has 3 nitrogen and oxygen atoms in total. The van der Waals surface area contributed by atoms with Gasteiger partial charge in [0.15, 0.2) is 0 Å². The van der Waals surface area contributed by atoms with Crippen molar-refractivity contribution in [3.05, 3.63) is 29.6 Å². The molecule has 0 amide bonds. The van der Waals surface area contributed by atoms with Crippen LogP contribution < -0.4 is 0 Å². The third-order valence-electron chi connectivity index (χ3n) is 1.85. The molecule has 78 valence electrons. The molecule has 0 bridgehead atoms. The summed E-state index contributed by atoms with van der Waals surface area (Å²) in [6, 6.07) is 3.61. The molecule has 5 heteroatoms. The average molecular weight is 221 g/mol. The van der Waals surface area contributed by atoms with Gasteiger partial charge in [0, 0.05) is 0 Å². The Hall–Kier alpha value is -0.840. The number of halogens is 2. The van der Waals surface area contributed by atoms with Gasteiger partial charge in [0.1, 0.15) is 17.7 Å². The molecule has 14 heavy (non-hydrogen) atoms. The second-order valence-corrected chi connectivity index (χ2v) is 3.15. The normalized spacial score (nSPS) is 15.1. The molecule has 0 aliphatic rings. The van der Waals surface area contributed by atoms with Crippen LogP contribution in [0.5, 0.6) is 5.75 Å². The zero-order chi connectivity index (χ0) is 10.7. The number of phenolic OH excluding ortho intramolecular Hbond substituents is 1. The highest BCUT2D eigenvalue weighted by Gasteiger charge is 2.23. The molecule has 0 saturated heterocycles. The van der Waals surface area contributed by atoms with E-state index < -0.39 is 23.8 Å². The van der Waals surface area contributed by atoms with Crippen LogP contribution >= 0.6 is 11.6 Å². The fraction of sp³-hybridized carbons (Fsp3) is 0.333. The summed E-state index contributed by atoms with van der Waals surface area (Å²) in [6.07, 6.45) is -2.83. The van der Waals surface area contributed by atoms with Gasteiger partial charge in [-0.2, -0.15) is 0 Å². The summed E-state index contributed by atoms with van der Waals surface area (Å²) in [7, 11) is 0. The van der Waals surface area contributed by atoms with E-state index in [1.807, 2.05) is 0 Å². The number of phenols is 1. The van der Waals surface area contributed by atoms with Crippen molar-refractivity contribution in [2.24, 2.45) is 0 Å². The van der Waals surface area contributed by atoms with Crippen molar-refractivity contribution in [3.8, 4) is 5.75 Å². The monoisotopic (exact) mass is 220 g/mol. The van der Waals surface area contributed by atoms with E-state index in [-0.39, 0.29) is 11.4 Å². The lowest BCUT2D eigenvalue weighted by atomic mass is 10.0. The van der Waals surface area contributed by atoms with Crippen LogP contribution in [-0.4, -0.2) is 27.3 Å². The summed E-state index contributed by atoms with van der Waals surface area (Å²) in [5, 5.41) is 27.8. The Morgan fingerprint density at radius 3 is 2.50 bits per heavy atom. The SMILES string of the molecule is Oc1cccc(F)c1C(O)C(O)CCl. The second-order valence-electron chi connectivity index (χ2n) is 2.84. The van der Waals surface area contributed by atoms with Crippen LogP contribution in [0.3, 0.4) is 0 Å². The largest absolute Gasteiger partial charge is 0.507 e. The minimum atomic E-state index is -1.52. The third kappa shape index (κ3) is 2.15. The average Bonchev–Trinajstić information content (AvgIpc) is 2.16. The van der Waals surface area contributed by atoms with E-state index in [2.05, 4.69) is 0 Å². The van der Waals surface area contributed by atoms with Gasteiger partial charge in [0.05, 0.1) is 17.5 Å². The Bertz CT molecular complexity index is 299. The first-order valence-electron chi connectivity index (χ1n) is 3.97. The number of aliphatic hydroxyl groups is 2. The van der Waals surface area contributed by atoms with Crippen molar-refractivity contribution in [3.63, 3.8) is 0 Å². The smallest absolute Gasteiger partial charge is 0.132 e. The summed E-state index contributed by atoms with van der Waals surface area (Å²) < 4.78 is 13.1. The first kappa shape index (κ1) is 11.2. The molecular formula is C9H10ClFO3. The molecule has 0 aliphatic heterocycles. The number of aromatic hydroxyl groups is 1. The Morgan fingerprint density at radius 2 is 2.00 bits per heavy atom. The van der Waals surface area contributed by atoms with Crippen molar-refractivity contribution in [2.75, 3.05) is 5.88 Å². The standard InChI is InChI=1S/C9H10ClFO3/c10-4-7(13)9(14)8-5(11)2-1-3-6(8)12/h1-3,7,9,12-14H,4H2. The number of alkyl halides is 1. The molecule has 1 aromatic rings. The molecule has 0 heterocycles. The Labute approximate surface area is 85.4 Å². The quantitative estimate of drug-likeness (QED) is 0.670. The first-order valence-corrected chi connectivity index (χ1v) is 4.51. The zero-order valence-electron chi connectivity index (χ0n) is 7.19. The van der Waals surface area contributed by atoms with Crippen LogP contribution in [0.4, 0.5) is 4.39 Å². The van der Waals surface area contributed by atoms with Gasteiger partial charge < -0.3 is 15.3 Å². The van der Waals surface area contributed by atoms with E-state index in [1.165, 1.54) is 12.1 Å². The lowest BCUT2D eigenvalue weighted by molar-refractivity contribution is 0.0289. The Balaban J connectivity index is 3.05. The molecule has 3 N–H and O–H groups in total. The lowest BCUT2D eigenvalue weighted by Crippen LogP contribution is -2.20. The van der Waals surface area contributed by atoms with Crippen LogP contribution in [0.25, 0.3) is 0 Å². The lowest BCUT2D eigenvalue weighted by Gasteiger charge is -2.17. The van der Waals surface area contributed by atoms with Crippen molar-refractivity contribution in [1.29, 1.82) is 0 Å². The van der Waals surface area contributed by atoms with Gasteiger partial charge in [-0.25, -0.2) is 4.39 Å². The molecule has 0 saturated carbocycles. The van der Waals surface area contributed by atoms with Crippen LogP contribution in [0.2, 0.25) is 0 Å². The maximum atomic E-state index is 13.1. The van der Waals surface area contributed by atoms with Gasteiger partial charge in [0.25, 0.3) is 0 Å². The van der Waals surface area contributed by atoms with E-state index >= 15 is 0 Å². The second kappa shape index (κ2) is 4.59. The molecule has 0 fully saturated rings. The van der Waals surface area contributed by atoms with E-state index in [1.54, 1.807) is 0 Å². The summed E-state index contributed by atoms with van der Waals surface area (Å²) >= 11 is 5.29. The fourth-order valence-corrected chi connectivity index (χ4v) is 1.26. The van der Waals surface area contributed by atoms with Crippen LogP contribution in [0.15, 0.2) is 18.2 Å². The zero-order valence-corrected chi connectivity index (χ0v) is 7.95. The number of aliphatic hydroxyl groups excluding tert-OH is 2. The maximum absolute atomic E-state index is 13.1. The topological polar surface area (TPSA) is 60.7 Å². The van der Waals surface area contributed by atoms with Crippen LogP contribution in [0, 0.1) is 5.82 Å². The summed E-state index contributed by atoms with van der Waals surface area (Å²) in [6.45, 7) is 0. The molecule has 0 radical (unpaired) electrons. The summed E-state index contributed by atoms with van der Waals surface area (Å²) in [5.41, 5.74) is -0.333. The Morgan fingerprint density at radius 1 is 1.36 bits per heavy atom. The molecular weight excluding hydrogens is 211 g/mol. The van der Waals surface area contributed by atoms with Crippen molar-refractivity contribution in [1.82, 2.24) is 0 Å². The number of benzene rings is 1. The van der Waals surface area contributed by atoms with E-state index in [0.717, 1.165) is 6.07 Å². The van der Waals surface area contributed by atoms with Crippen LogP contribution in [-0.2, 0) is 0 Å². The van der Waals surface area contributed by atoms with Gasteiger partial charge in [-0.3, -0.25) is 0 Å². The molecule has 0 spiro atoms. The number of rotatable bonds is 3. The van der Waals surface area contributed by atoms with E-state index in [0.29, 0.717) is 0 Å². The minimum Gasteiger partial charge on any atom is -0.507 e. The van der Waals surface area contributed by atoms with Gasteiger partial charge in [-0.15, -0.1) is 11.6 Å². The maximum Gasteiger partial charge on any atom is 0.132 e. The number of hydrogen-bond donors (Lipinski definition) is 3. The van der Waals surface area contributed by atoms with Crippen molar-refractivity contribution >= 4 is 11.6 Å². The predicted octanol–water partition coefficient (Wildman–Crippen LogP) is 1.16. The predicted molar refractivity (Wildman–Crippen MR) is 49.8 cm³/mol. The molecule has 2 atom stereocenters. The van der Waals surface area contributed by atoms with Crippen molar-refractivity contribution < 1.29 is 19.7 Å². The number of hydrogen-bond acceptors (Lipinski definition) is 3. The molecule has 1 aromatic carbocycles. The van der Waals surface area contributed by atoms with Gasteiger partial charge in [-0.1, -0.05) is 6.07 Å². The van der Waals surface area contributed by atoms with Gasteiger partial charge in [0.2, 0.25) is 0 Å². The van der Waals surface area contributed by atoms with Crippen molar-refractivity contribution in [2.45, 2.75) is 12.2 Å². The first-order chi connectivity index (χ1) is 6.57. The minimum absolute atomic E-state index is 0.241. The molecule has 0 aromatic heterocycles. The molecule has 2 unspecified atom stereocenters. The molecule has 0 aliphatic carbocycles. The highest BCUT2D eigenvalue weighted by atomic mass is 35.5. The molecule has 1 rings (SSSR count). The summed E-state index contributed by atoms with van der Waals surface area (Å²) in [4.78, 5) is 0. The fourth-order valence-electron chi connectivity index (χ4n) is 1.10. The Kier molecular flexibility index (Phi) is 3.69. The van der Waals surface area contributed by atoms with Crippen LogP contribution in [0.1, 0.15) is 11.7 Å². The van der Waals surface area contributed by atoms with Gasteiger partial charge in [-0.05, 0) is 12.1 Å². The van der Waals surface area contributed by atoms with E-state index in [9.17, 15) is 14.6 Å². The highest BCUT2D eigenvalue weighted by molar-refractivity contribution is 6.18. The third-order valence-corrected chi connectivity index (χ3v) is 2.16. The van der Waals surface area contributed by atoms with Gasteiger partial charge >= 0.3 is 0 Å². The summed E-state index contributed by atoms with van der Waals surface area (Å²) in [5.74, 6) is -1.42. The highest BCUT2D eigenvalue weighted by Crippen LogP contribution is 2.29.